The number of rotatable bonds is 3. The second-order valence-electron chi connectivity index (χ2n) is 6.09. The van der Waals surface area contributed by atoms with Crippen molar-refractivity contribution in [2.45, 2.75) is 19.1 Å². The minimum atomic E-state index is -0.780. The average molecular weight is 331 g/mol. The average Bonchev–Trinajstić information content (AvgIpc) is 2.66. The number of ketones is 1. The van der Waals surface area contributed by atoms with Gasteiger partial charge in [0.25, 0.3) is 5.91 Å². The second kappa shape index (κ2) is 6.40. The molecule has 4 nitrogen and oxygen atoms in total. The summed E-state index contributed by atoms with van der Waals surface area (Å²) in [6.45, 7) is 0.399. The molecule has 0 saturated carbocycles. The van der Waals surface area contributed by atoms with E-state index >= 15 is 0 Å². The van der Waals surface area contributed by atoms with Gasteiger partial charge in [-0.15, -0.1) is 0 Å². The SMILES string of the molecule is O=C1CC(C(=O)NCc2cccc3ccccc23)Oc2ccccc21. The first kappa shape index (κ1) is 15.4. The largest absolute Gasteiger partial charge is 0.479 e. The molecule has 0 saturated heterocycles. The van der Waals surface area contributed by atoms with Gasteiger partial charge in [-0.05, 0) is 28.5 Å². The van der Waals surface area contributed by atoms with Crippen LogP contribution >= 0.6 is 0 Å². The molecule has 1 atom stereocenters. The number of Topliss-reactive ketones (excluding diaryl/α,β-unsaturated/α-hetero) is 1. The summed E-state index contributed by atoms with van der Waals surface area (Å²) in [6, 6.07) is 21.1. The Balaban J connectivity index is 1.49. The van der Waals surface area contributed by atoms with E-state index in [2.05, 4.69) is 5.32 Å². The van der Waals surface area contributed by atoms with Gasteiger partial charge in [0, 0.05) is 6.54 Å². The minimum Gasteiger partial charge on any atom is -0.479 e. The Morgan fingerprint density at radius 2 is 1.76 bits per heavy atom. The highest BCUT2D eigenvalue weighted by Crippen LogP contribution is 2.27. The molecular weight excluding hydrogens is 314 g/mol. The lowest BCUT2D eigenvalue weighted by atomic mass is 10.00. The predicted octanol–water partition coefficient (Wildman–Crippen LogP) is 3.49. The third-order valence-electron chi connectivity index (χ3n) is 4.45. The first-order chi connectivity index (χ1) is 12.2. The molecule has 1 aliphatic rings. The summed E-state index contributed by atoms with van der Waals surface area (Å²) < 4.78 is 5.71. The monoisotopic (exact) mass is 331 g/mol. The molecule has 3 aromatic carbocycles. The summed E-state index contributed by atoms with van der Waals surface area (Å²) in [6.07, 6.45) is -0.712. The second-order valence-corrected chi connectivity index (χ2v) is 6.09. The smallest absolute Gasteiger partial charge is 0.261 e. The quantitative estimate of drug-likeness (QED) is 0.799. The Morgan fingerprint density at radius 3 is 2.68 bits per heavy atom. The molecular formula is C21H17NO3. The number of hydrogen-bond donors (Lipinski definition) is 1. The number of ether oxygens (including phenoxy) is 1. The van der Waals surface area contributed by atoms with Crippen LogP contribution in [0.25, 0.3) is 10.8 Å². The molecule has 0 aliphatic carbocycles. The maximum absolute atomic E-state index is 12.5. The summed E-state index contributed by atoms with van der Waals surface area (Å²) in [5.41, 5.74) is 1.58. The van der Waals surface area contributed by atoms with Gasteiger partial charge >= 0.3 is 0 Å². The lowest BCUT2D eigenvalue weighted by Crippen LogP contribution is -2.41. The number of carbonyl (C=O) groups is 2. The Bertz CT molecular complexity index is 959. The predicted molar refractivity (Wildman–Crippen MR) is 95.6 cm³/mol. The van der Waals surface area contributed by atoms with E-state index in [1.54, 1.807) is 24.3 Å². The van der Waals surface area contributed by atoms with Gasteiger partial charge in [0.2, 0.25) is 0 Å². The molecule has 4 rings (SSSR count). The standard InChI is InChI=1S/C21H17NO3/c23-18-12-20(25-19-11-4-3-10-17(18)19)21(24)22-13-15-8-5-7-14-6-1-2-9-16(14)15/h1-11,20H,12-13H2,(H,22,24). The summed E-state index contributed by atoms with van der Waals surface area (Å²) >= 11 is 0. The Kier molecular flexibility index (Phi) is 3.94. The molecule has 0 spiro atoms. The van der Waals surface area contributed by atoms with Crippen molar-refractivity contribution in [1.82, 2.24) is 5.32 Å². The first-order valence-corrected chi connectivity index (χ1v) is 8.25. The number of hydrogen-bond acceptors (Lipinski definition) is 3. The van der Waals surface area contributed by atoms with Crippen LogP contribution in [0.5, 0.6) is 5.75 Å². The highest BCUT2D eigenvalue weighted by molar-refractivity contribution is 6.03. The molecule has 1 N–H and O–H groups in total. The molecule has 1 amide bonds. The van der Waals surface area contributed by atoms with Gasteiger partial charge in [0.05, 0.1) is 12.0 Å². The van der Waals surface area contributed by atoms with Crippen LogP contribution in [0.4, 0.5) is 0 Å². The van der Waals surface area contributed by atoms with Crippen LogP contribution in [0.1, 0.15) is 22.3 Å². The van der Waals surface area contributed by atoms with E-state index in [4.69, 9.17) is 4.74 Å². The van der Waals surface area contributed by atoms with Crippen molar-refractivity contribution in [1.29, 1.82) is 0 Å². The summed E-state index contributed by atoms with van der Waals surface area (Å²) in [7, 11) is 0. The lowest BCUT2D eigenvalue weighted by molar-refractivity contribution is -0.128. The molecule has 3 aromatic rings. The Morgan fingerprint density at radius 1 is 1.00 bits per heavy atom. The van der Waals surface area contributed by atoms with Crippen molar-refractivity contribution >= 4 is 22.5 Å². The molecule has 0 radical (unpaired) electrons. The number of benzene rings is 3. The Hall–Kier alpha value is -3.14. The van der Waals surface area contributed by atoms with E-state index in [0.717, 1.165) is 16.3 Å². The van der Waals surface area contributed by atoms with Gasteiger partial charge in [-0.3, -0.25) is 9.59 Å². The summed E-state index contributed by atoms with van der Waals surface area (Å²) in [4.78, 5) is 24.7. The Labute approximate surface area is 145 Å². The maximum atomic E-state index is 12.5. The van der Waals surface area contributed by atoms with Gasteiger partial charge in [-0.25, -0.2) is 0 Å². The van der Waals surface area contributed by atoms with E-state index in [1.165, 1.54) is 0 Å². The molecule has 0 fully saturated rings. The number of nitrogens with one attached hydrogen (secondary N) is 1. The zero-order valence-corrected chi connectivity index (χ0v) is 13.6. The lowest BCUT2D eigenvalue weighted by Gasteiger charge is -2.24. The summed E-state index contributed by atoms with van der Waals surface area (Å²) in [5, 5.41) is 5.14. The van der Waals surface area contributed by atoms with Crippen molar-refractivity contribution in [3.8, 4) is 5.75 Å². The van der Waals surface area contributed by atoms with Crippen LogP contribution in [-0.4, -0.2) is 17.8 Å². The zero-order chi connectivity index (χ0) is 17.2. The van der Waals surface area contributed by atoms with Crippen molar-refractivity contribution in [2.24, 2.45) is 0 Å². The van der Waals surface area contributed by atoms with Gasteiger partial charge in [0.1, 0.15) is 5.75 Å². The number of fused-ring (bicyclic) bond motifs is 2. The fourth-order valence-corrected chi connectivity index (χ4v) is 3.16. The van der Waals surface area contributed by atoms with Crippen LogP contribution in [0, 0.1) is 0 Å². The van der Waals surface area contributed by atoms with E-state index in [0.29, 0.717) is 17.9 Å². The number of para-hydroxylation sites is 1. The topological polar surface area (TPSA) is 55.4 Å². The van der Waals surface area contributed by atoms with E-state index < -0.39 is 6.10 Å². The van der Waals surface area contributed by atoms with Crippen LogP contribution in [-0.2, 0) is 11.3 Å². The van der Waals surface area contributed by atoms with Gasteiger partial charge in [0.15, 0.2) is 11.9 Å². The van der Waals surface area contributed by atoms with Crippen LogP contribution in [0.15, 0.2) is 66.7 Å². The van der Waals surface area contributed by atoms with Crippen molar-refractivity contribution < 1.29 is 14.3 Å². The first-order valence-electron chi connectivity index (χ1n) is 8.25. The van der Waals surface area contributed by atoms with Crippen molar-refractivity contribution in [2.75, 3.05) is 0 Å². The minimum absolute atomic E-state index is 0.0628. The van der Waals surface area contributed by atoms with Crippen molar-refractivity contribution in [3.05, 3.63) is 77.9 Å². The van der Waals surface area contributed by atoms with E-state index in [-0.39, 0.29) is 18.1 Å². The third kappa shape index (κ3) is 2.98. The molecule has 0 aromatic heterocycles. The molecule has 1 aliphatic heterocycles. The fourth-order valence-electron chi connectivity index (χ4n) is 3.16. The molecule has 4 heteroatoms. The molecule has 25 heavy (non-hydrogen) atoms. The maximum Gasteiger partial charge on any atom is 0.261 e. The van der Waals surface area contributed by atoms with Crippen LogP contribution in [0.2, 0.25) is 0 Å². The number of amides is 1. The van der Waals surface area contributed by atoms with Crippen molar-refractivity contribution in [3.63, 3.8) is 0 Å². The highest BCUT2D eigenvalue weighted by Gasteiger charge is 2.31. The summed E-state index contributed by atoms with van der Waals surface area (Å²) in [5.74, 6) is 0.145. The highest BCUT2D eigenvalue weighted by atomic mass is 16.5. The van der Waals surface area contributed by atoms with Gasteiger partial charge in [-0.1, -0.05) is 54.6 Å². The number of carbonyl (C=O) groups excluding carboxylic acids is 2. The van der Waals surface area contributed by atoms with Gasteiger partial charge in [-0.2, -0.15) is 0 Å². The van der Waals surface area contributed by atoms with Crippen LogP contribution in [0.3, 0.4) is 0 Å². The van der Waals surface area contributed by atoms with Crippen LogP contribution < -0.4 is 10.1 Å². The fraction of sp³-hybridized carbons (Fsp3) is 0.143. The zero-order valence-electron chi connectivity index (χ0n) is 13.6. The van der Waals surface area contributed by atoms with E-state index in [1.807, 2.05) is 42.5 Å². The molecule has 124 valence electrons. The molecule has 0 bridgehead atoms. The third-order valence-corrected chi connectivity index (χ3v) is 4.45. The normalized spacial score (nSPS) is 16.2. The molecule has 1 unspecified atom stereocenters. The molecule has 1 heterocycles. The van der Waals surface area contributed by atoms with Gasteiger partial charge < -0.3 is 10.1 Å². The van der Waals surface area contributed by atoms with E-state index in [9.17, 15) is 9.59 Å².